The number of aromatic amines is 1. The number of piperazine rings is 1. The van der Waals surface area contributed by atoms with E-state index in [0.717, 1.165) is 0 Å². The first-order valence-corrected chi connectivity index (χ1v) is 9.38. The predicted molar refractivity (Wildman–Crippen MR) is 108 cm³/mol. The highest BCUT2D eigenvalue weighted by atomic mass is 35.5. The third-order valence-corrected chi connectivity index (χ3v) is 5.19. The summed E-state index contributed by atoms with van der Waals surface area (Å²) in [5.41, 5.74) is 2.07. The first-order chi connectivity index (χ1) is 14.1. The number of hydrogen-bond donors (Lipinski definition) is 2. The number of nitrogens with one attached hydrogen (secondary N) is 1. The minimum atomic E-state index is -0.184. The summed E-state index contributed by atoms with van der Waals surface area (Å²) in [6, 6.07) is 11.2. The van der Waals surface area contributed by atoms with E-state index in [0.29, 0.717) is 48.3 Å². The van der Waals surface area contributed by atoms with Gasteiger partial charge in [0.05, 0.1) is 5.56 Å². The van der Waals surface area contributed by atoms with E-state index in [2.05, 4.69) is 21.0 Å². The lowest BCUT2D eigenvalue weighted by molar-refractivity contribution is 0.0673. The van der Waals surface area contributed by atoms with Crippen LogP contribution < -0.4 is 0 Å². The lowest BCUT2D eigenvalue weighted by Gasteiger charge is -2.35. The van der Waals surface area contributed by atoms with Gasteiger partial charge < -0.3 is 19.9 Å². The van der Waals surface area contributed by atoms with E-state index in [9.17, 15) is 15.2 Å². The Bertz CT molecular complexity index is 1130. The van der Waals surface area contributed by atoms with Crippen LogP contribution in [0.15, 0.2) is 48.6 Å². The van der Waals surface area contributed by atoms with E-state index < -0.39 is 0 Å². The molecule has 3 aromatic rings. The molecule has 1 aliphatic heterocycles. The van der Waals surface area contributed by atoms with Crippen LogP contribution in [-0.2, 0) is 0 Å². The zero-order valence-corrected chi connectivity index (χ0v) is 16.1. The minimum Gasteiger partial charge on any atom is -0.504 e. The molecule has 1 amide bonds. The van der Waals surface area contributed by atoms with Gasteiger partial charge in [-0.2, -0.15) is 5.26 Å². The summed E-state index contributed by atoms with van der Waals surface area (Å²) >= 11 is 6.04. The van der Waals surface area contributed by atoms with Crippen LogP contribution in [-0.4, -0.2) is 61.9 Å². The Hall–Kier alpha value is -3.57. The molecule has 0 radical (unpaired) electrons. The summed E-state index contributed by atoms with van der Waals surface area (Å²) in [5, 5.41) is 20.7. The van der Waals surface area contributed by atoms with Crippen molar-refractivity contribution in [1.29, 1.82) is 5.26 Å². The number of fused-ring (bicyclic) bond motifs is 1. The van der Waals surface area contributed by atoms with Crippen LogP contribution in [0.4, 0.5) is 0 Å². The maximum atomic E-state index is 12.6. The molecule has 4 rings (SSSR count). The third kappa shape index (κ3) is 3.48. The fourth-order valence-corrected chi connectivity index (χ4v) is 3.57. The number of hydrogen-bond acceptors (Lipinski definition) is 6. The van der Waals surface area contributed by atoms with Crippen molar-refractivity contribution in [2.45, 2.75) is 0 Å². The average molecular weight is 409 g/mol. The Labute approximate surface area is 171 Å². The average Bonchev–Trinajstić information content (AvgIpc) is 3.20. The fourth-order valence-electron chi connectivity index (χ4n) is 3.39. The molecule has 8 nitrogen and oxygen atoms in total. The van der Waals surface area contributed by atoms with Gasteiger partial charge in [-0.25, -0.2) is 9.97 Å². The largest absolute Gasteiger partial charge is 0.504 e. The van der Waals surface area contributed by atoms with Crippen LogP contribution in [0.5, 0.6) is 0 Å². The second-order valence-corrected chi connectivity index (χ2v) is 6.90. The summed E-state index contributed by atoms with van der Waals surface area (Å²) < 4.78 is 0. The first-order valence-electron chi connectivity index (χ1n) is 9.00. The molecule has 29 heavy (non-hydrogen) atoms. The number of halogens is 1. The van der Waals surface area contributed by atoms with E-state index in [1.807, 2.05) is 18.2 Å². The first kappa shape index (κ1) is 18.8. The van der Waals surface area contributed by atoms with Gasteiger partial charge >= 0.3 is 0 Å². The number of carbonyl (C=O) groups is 1. The normalized spacial score (nSPS) is 15.2. The van der Waals surface area contributed by atoms with Gasteiger partial charge in [0, 0.05) is 37.9 Å². The Balaban J connectivity index is 1.55. The van der Waals surface area contributed by atoms with Crippen LogP contribution in [0.25, 0.3) is 16.8 Å². The molecule has 1 aromatic carbocycles. The number of H-pyrrole nitrogens is 1. The molecule has 146 valence electrons. The Morgan fingerprint density at radius 3 is 2.52 bits per heavy atom. The highest BCUT2D eigenvalue weighted by Gasteiger charge is 2.26. The molecule has 1 saturated heterocycles. The van der Waals surface area contributed by atoms with Gasteiger partial charge in [0.1, 0.15) is 23.4 Å². The van der Waals surface area contributed by atoms with Crippen molar-refractivity contribution >= 4 is 34.3 Å². The summed E-state index contributed by atoms with van der Waals surface area (Å²) in [6.45, 7) is 1.77. The molecule has 0 spiro atoms. The Kier molecular flexibility index (Phi) is 5.06. The summed E-state index contributed by atoms with van der Waals surface area (Å²) in [7, 11) is 0. The van der Waals surface area contributed by atoms with E-state index >= 15 is 0 Å². The van der Waals surface area contributed by atoms with Crippen molar-refractivity contribution in [2.24, 2.45) is 0 Å². The third-order valence-electron chi connectivity index (χ3n) is 4.91. The molecule has 1 aliphatic rings. The van der Waals surface area contributed by atoms with Crippen LogP contribution in [0, 0.1) is 11.3 Å². The standard InChI is InChI=1S/C20H17ClN6O2/c21-19-17-16(24-12-25-19)14(11-23-17)18(28)15(10-22)26-6-8-27(9-7-26)20(29)13-4-2-1-3-5-13/h1-5,11-12,23,28H,6-9H2/b18-15+. The van der Waals surface area contributed by atoms with Crippen LogP contribution in [0.2, 0.25) is 5.15 Å². The van der Waals surface area contributed by atoms with Crippen molar-refractivity contribution in [3.63, 3.8) is 0 Å². The number of aliphatic hydroxyl groups excluding tert-OH is 1. The highest BCUT2D eigenvalue weighted by molar-refractivity contribution is 6.33. The molecule has 1 fully saturated rings. The van der Waals surface area contributed by atoms with Crippen LogP contribution in [0.3, 0.4) is 0 Å². The summed E-state index contributed by atoms with van der Waals surface area (Å²) in [5.74, 6) is -0.226. The Morgan fingerprint density at radius 1 is 1.14 bits per heavy atom. The number of amides is 1. The quantitative estimate of drug-likeness (QED) is 0.392. The number of nitrogens with zero attached hydrogens (tertiary/aromatic N) is 5. The number of aliphatic hydroxyl groups is 1. The molecule has 0 bridgehead atoms. The van der Waals surface area contributed by atoms with Gasteiger partial charge in [0.15, 0.2) is 16.6 Å². The molecule has 9 heteroatoms. The monoisotopic (exact) mass is 408 g/mol. The van der Waals surface area contributed by atoms with Crippen molar-refractivity contribution in [1.82, 2.24) is 24.8 Å². The molecule has 0 saturated carbocycles. The maximum Gasteiger partial charge on any atom is 0.253 e. The van der Waals surface area contributed by atoms with E-state index in [4.69, 9.17) is 11.6 Å². The molecule has 0 unspecified atom stereocenters. The lowest BCUT2D eigenvalue weighted by Crippen LogP contribution is -2.48. The maximum absolute atomic E-state index is 12.6. The van der Waals surface area contributed by atoms with Gasteiger partial charge in [-0.05, 0) is 12.1 Å². The molecular weight excluding hydrogens is 392 g/mol. The van der Waals surface area contributed by atoms with Crippen LogP contribution >= 0.6 is 11.6 Å². The van der Waals surface area contributed by atoms with Gasteiger partial charge in [-0.15, -0.1) is 0 Å². The molecule has 3 heterocycles. The molecule has 2 aromatic heterocycles. The van der Waals surface area contributed by atoms with E-state index in [1.165, 1.54) is 6.33 Å². The molecule has 0 atom stereocenters. The highest BCUT2D eigenvalue weighted by Crippen LogP contribution is 2.28. The van der Waals surface area contributed by atoms with Gasteiger partial charge in [-0.3, -0.25) is 4.79 Å². The number of rotatable bonds is 3. The molecular formula is C20H17ClN6O2. The second kappa shape index (κ2) is 7.81. The van der Waals surface area contributed by atoms with Gasteiger partial charge in [0.25, 0.3) is 5.91 Å². The van der Waals surface area contributed by atoms with Crippen molar-refractivity contribution in [3.05, 3.63) is 64.8 Å². The van der Waals surface area contributed by atoms with Gasteiger partial charge in [0.2, 0.25) is 0 Å². The SMILES string of the molecule is N#C/C(=C(\O)c1c[nH]c2c(Cl)ncnc12)N1CCN(C(=O)c2ccccc2)CC1. The zero-order chi connectivity index (χ0) is 20.4. The number of benzene rings is 1. The minimum absolute atomic E-state index is 0.0417. The summed E-state index contributed by atoms with van der Waals surface area (Å²) in [6.07, 6.45) is 2.85. The van der Waals surface area contributed by atoms with E-state index in [-0.39, 0.29) is 22.5 Å². The lowest BCUT2D eigenvalue weighted by atomic mass is 10.1. The predicted octanol–water partition coefficient (Wildman–Crippen LogP) is 2.82. The number of allylic oxidation sites excluding steroid dienone is 1. The van der Waals surface area contributed by atoms with Gasteiger partial charge in [-0.1, -0.05) is 29.8 Å². The van der Waals surface area contributed by atoms with Crippen molar-refractivity contribution in [3.8, 4) is 6.07 Å². The van der Waals surface area contributed by atoms with E-state index in [1.54, 1.807) is 28.1 Å². The number of nitriles is 1. The fraction of sp³-hybridized carbons (Fsp3) is 0.200. The van der Waals surface area contributed by atoms with Crippen LogP contribution in [0.1, 0.15) is 15.9 Å². The number of carbonyl (C=O) groups excluding carboxylic acids is 1. The van der Waals surface area contributed by atoms with Crippen molar-refractivity contribution in [2.75, 3.05) is 26.2 Å². The second-order valence-electron chi connectivity index (χ2n) is 6.54. The zero-order valence-electron chi connectivity index (χ0n) is 15.3. The molecule has 0 aliphatic carbocycles. The summed E-state index contributed by atoms with van der Waals surface area (Å²) in [4.78, 5) is 27.1. The topological polar surface area (TPSA) is 109 Å². The molecule has 2 N–H and O–H groups in total. The van der Waals surface area contributed by atoms with Crippen molar-refractivity contribution < 1.29 is 9.90 Å². The number of aromatic nitrogens is 3. The Morgan fingerprint density at radius 2 is 1.83 bits per heavy atom. The smallest absolute Gasteiger partial charge is 0.253 e.